The molecule has 0 amide bonds. The van der Waals surface area contributed by atoms with E-state index < -0.39 is 0 Å². The van der Waals surface area contributed by atoms with Crippen LogP contribution < -0.4 is 5.73 Å². The van der Waals surface area contributed by atoms with Gasteiger partial charge >= 0.3 is 0 Å². The molecule has 6 heteroatoms. The maximum atomic E-state index is 6.08. The molecule has 1 rings (SSSR count). The normalized spacial score (nSPS) is 11.7. The zero-order valence-corrected chi connectivity index (χ0v) is 13.2. The van der Waals surface area contributed by atoms with Crippen LogP contribution in [0.4, 0.5) is 0 Å². The van der Waals surface area contributed by atoms with Gasteiger partial charge in [0.1, 0.15) is 0 Å². The molecule has 0 bridgehead atoms. The molecule has 0 saturated heterocycles. The fourth-order valence-electron chi connectivity index (χ4n) is 1.69. The lowest BCUT2D eigenvalue weighted by Crippen LogP contribution is -2.46. The standard InChI is InChI=1S/C12H23N3OS.ClH/c1-10-11(17-9-14-10)7-15(5-6-16-4)8-12(2,3)13;/h9H,5-8,13H2,1-4H3;1H. The third-order valence-electron chi connectivity index (χ3n) is 2.45. The molecule has 0 aliphatic heterocycles. The monoisotopic (exact) mass is 293 g/mol. The molecule has 0 saturated carbocycles. The lowest BCUT2D eigenvalue weighted by atomic mass is 10.1. The minimum atomic E-state index is -0.188. The van der Waals surface area contributed by atoms with Crippen LogP contribution in [0.15, 0.2) is 5.51 Å². The number of methoxy groups -OCH3 is 1. The Morgan fingerprint density at radius 1 is 1.50 bits per heavy atom. The third kappa shape index (κ3) is 6.66. The van der Waals surface area contributed by atoms with Crippen LogP contribution in [0, 0.1) is 6.92 Å². The molecule has 0 aliphatic rings. The van der Waals surface area contributed by atoms with Gasteiger partial charge in [-0.3, -0.25) is 4.90 Å². The Balaban J connectivity index is 0.00000289. The summed E-state index contributed by atoms with van der Waals surface area (Å²) in [7, 11) is 1.73. The molecule has 106 valence electrons. The predicted octanol–water partition coefficient (Wildman–Crippen LogP) is 2.06. The van der Waals surface area contributed by atoms with Gasteiger partial charge in [-0.25, -0.2) is 4.98 Å². The zero-order chi connectivity index (χ0) is 12.9. The number of halogens is 1. The maximum Gasteiger partial charge on any atom is 0.0798 e. The van der Waals surface area contributed by atoms with Crippen LogP contribution in [0.1, 0.15) is 24.4 Å². The largest absolute Gasteiger partial charge is 0.383 e. The van der Waals surface area contributed by atoms with Gasteiger partial charge < -0.3 is 10.5 Å². The molecule has 0 aromatic carbocycles. The summed E-state index contributed by atoms with van der Waals surface area (Å²) in [6.07, 6.45) is 0. The van der Waals surface area contributed by atoms with E-state index in [4.69, 9.17) is 10.5 Å². The summed E-state index contributed by atoms with van der Waals surface area (Å²) >= 11 is 1.70. The Labute approximate surface area is 120 Å². The maximum absolute atomic E-state index is 6.08. The summed E-state index contributed by atoms with van der Waals surface area (Å²) in [4.78, 5) is 7.91. The highest BCUT2D eigenvalue weighted by Gasteiger charge is 2.18. The molecule has 1 aromatic heterocycles. The van der Waals surface area contributed by atoms with Crippen molar-refractivity contribution in [1.82, 2.24) is 9.88 Å². The summed E-state index contributed by atoms with van der Waals surface area (Å²) in [5, 5.41) is 0. The van der Waals surface area contributed by atoms with E-state index in [1.807, 2.05) is 26.3 Å². The van der Waals surface area contributed by atoms with Crippen molar-refractivity contribution in [2.75, 3.05) is 26.8 Å². The van der Waals surface area contributed by atoms with Gasteiger partial charge in [-0.2, -0.15) is 0 Å². The Kier molecular flexibility index (Phi) is 7.98. The molecule has 0 fully saturated rings. The molecular formula is C12H24ClN3OS. The predicted molar refractivity (Wildman–Crippen MR) is 79.5 cm³/mol. The van der Waals surface area contributed by atoms with Gasteiger partial charge in [0.15, 0.2) is 0 Å². The van der Waals surface area contributed by atoms with Gasteiger partial charge in [0.25, 0.3) is 0 Å². The second-order valence-corrected chi connectivity index (χ2v) is 5.99. The fourth-order valence-corrected chi connectivity index (χ4v) is 2.51. The number of aryl methyl sites for hydroxylation is 1. The van der Waals surface area contributed by atoms with Crippen molar-refractivity contribution in [3.8, 4) is 0 Å². The molecule has 1 aromatic rings. The number of thiazole rings is 1. The molecule has 4 nitrogen and oxygen atoms in total. The van der Waals surface area contributed by atoms with Gasteiger partial charge in [-0.15, -0.1) is 23.7 Å². The number of rotatable bonds is 7. The van der Waals surface area contributed by atoms with E-state index in [1.54, 1.807) is 18.4 Å². The van der Waals surface area contributed by atoms with Crippen molar-refractivity contribution in [1.29, 1.82) is 0 Å². The lowest BCUT2D eigenvalue weighted by Gasteiger charge is -2.29. The topological polar surface area (TPSA) is 51.4 Å². The number of nitrogens with two attached hydrogens (primary N) is 1. The van der Waals surface area contributed by atoms with E-state index in [1.165, 1.54) is 4.88 Å². The van der Waals surface area contributed by atoms with Crippen LogP contribution in [0.3, 0.4) is 0 Å². The first-order valence-corrected chi connectivity index (χ1v) is 6.69. The van der Waals surface area contributed by atoms with Gasteiger partial charge in [0.2, 0.25) is 0 Å². The first-order valence-electron chi connectivity index (χ1n) is 5.81. The number of ether oxygens (including phenoxy) is 1. The first-order chi connectivity index (χ1) is 7.92. The summed E-state index contributed by atoms with van der Waals surface area (Å²) in [5.74, 6) is 0. The third-order valence-corrected chi connectivity index (χ3v) is 3.37. The molecular weight excluding hydrogens is 270 g/mol. The summed E-state index contributed by atoms with van der Waals surface area (Å²) in [6, 6.07) is 0. The Morgan fingerprint density at radius 2 is 2.17 bits per heavy atom. The molecule has 2 N–H and O–H groups in total. The van der Waals surface area contributed by atoms with Gasteiger partial charge in [0.05, 0.1) is 17.8 Å². The van der Waals surface area contributed by atoms with Crippen molar-refractivity contribution >= 4 is 23.7 Å². The molecule has 0 unspecified atom stereocenters. The molecule has 0 radical (unpaired) electrons. The molecule has 0 atom stereocenters. The summed E-state index contributed by atoms with van der Waals surface area (Å²) < 4.78 is 5.14. The smallest absolute Gasteiger partial charge is 0.0798 e. The first kappa shape index (κ1) is 17.8. The van der Waals surface area contributed by atoms with Crippen LogP contribution in [0.25, 0.3) is 0 Å². The van der Waals surface area contributed by atoms with Crippen molar-refractivity contribution < 1.29 is 4.74 Å². The number of nitrogens with zero attached hydrogens (tertiary/aromatic N) is 2. The van der Waals surface area contributed by atoms with E-state index in [0.29, 0.717) is 0 Å². The molecule has 0 spiro atoms. The minimum Gasteiger partial charge on any atom is -0.383 e. The van der Waals surface area contributed by atoms with E-state index in [2.05, 4.69) is 9.88 Å². The second-order valence-electron chi connectivity index (χ2n) is 5.05. The van der Waals surface area contributed by atoms with E-state index in [9.17, 15) is 0 Å². The average Bonchev–Trinajstić information content (AvgIpc) is 2.59. The van der Waals surface area contributed by atoms with Crippen molar-refractivity contribution in [3.05, 3.63) is 16.1 Å². The van der Waals surface area contributed by atoms with Crippen LogP contribution in [-0.2, 0) is 11.3 Å². The number of aromatic nitrogens is 1. The van der Waals surface area contributed by atoms with Crippen LogP contribution in [-0.4, -0.2) is 42.2 Å². The minimum absolute atomic E-state index is 0. The molecule has 1 heterocycles. The highest BCUT2D eigenvalue weighted by molar-refractivity contribution is 7.09. The van der Waals surface area contributed by atoms with E-state index in [-0.39, 0.29) is 17.9 Å². The van der Waals surface area contributed by atoms with Crippen molar-refractivity contribution in [2.24, 2.45) is 5.73 Å². The number of hydrogen-bond acceptors (Lipinski definition) is 5. The highest BCUT2D eigenvalue weighted by Crippen LogP contribution is 2.16. The summed E-state index contributed by atoms with van der Waals surface area (Å²) in [5.41, 5.74) is 8.91. The zero-order valence-electron chi connectivity index (χ0n) is 11.6. The van der Waals surface area contributed by atoms with Crippen LogP contribution in [0.5, 0.6) is 0 Å². The van der Waals surface area contributed by atoms with Crippen LogP contribution >= 0.6 is 23.7 Å². The summed E-state index contributed by atoms with van der Waals surface area (Å²) in [6.45, 7) is 9.53. The highest BCUT2D eigenvalue weighted by atomic mass is 35.5. The number of hydrogen-bond donors (Lipinski definition) is 1. The second kappa shape index (κ2) is 8.07. The SMILES string of the molecule is COCCN(Cc1scnc1C)CC(C)(C)N.Cl. The van der Waals surface area contributed by atoms with E-state index >= 15 is 0 Å². The quantitative estimate of drug-likeness (QED) is 0.836. The molecule has 0 aliphatic carbocycles. The lowest BCUT2D eigenvalue weighted by molar-refractivity contribution is 0.131. The molecule has 18 heavy (non-hydrogen) atoms. The van der Waals surface area contributed by atoms with Crippen molar-refractivity contribution in [2.45, 2.75) is 32.9 Å². The Morgan fingerprint density at radius 3 is 2.61 bits per heavy atom. The van der Waals surface area contributed by atoms with Crippen LogP contribution in [0.2, 0.25) is 0 Å². The Hall–Kier alpha value is -0.200. The van der Waals surface area contributed by atoms with Gasteiger partial charge in [-0.05, 0) is 20.8 Å². The Bertz CT molecular complexity index is 338. The van der Waals surface area contributed by atoms with Gasteiger partial charge in [0, 0.05) is 37.2 Å². The van der Waals surface area contributed by atoms with Crippen molar-refractivity contribution in [3.63, 3.8) is 0 Å². The fraction of sp³-hybridized carbons (Fsp3) is 0.750. The average molecular weight is 294 g/mol. The van der Waals surface area contributed by atoms with Gasteiger partial charge in [-0.1, -0.05) is 0 Å². The van der Waals surface area contributed by atoms with E-state index in [0.717, 1.165) is 31.9 Å².